The van der Waals surface area contributed by atoms with Crippen LogP contribution in [0.15, 0.2) is 46.2 Å². The number of nitrogens with one attached hydrogen (secondary N) is 1. The summed E-state index contributed by atoms with van der Waals surface area (Å²) >= 11 is 1.38. The maximum Gasteiger partial charge on any atom is 0.234 e. The lowest BCUT2D eigenvalue weighted by molar-refractivity contribution is -0.113. The third-order valence-corrected chi connectivity index (χ3v) is 6.17. The van der Waals surface area contributed by atoms with Crippen LogP contribution in [0.3, 0.4) is 0 Å². The molecule has 1 fully saturated rings. The molecule has 1 saturated heterocycles. The molecular weight excluding hydrogens is 400 g/mol. The largest absolute Gasteiger partial charge is 0.469 e. The molecule has 1 aliphatic heterocycles. The zero-order valence-corrected chi connectivity index (χ0v) is 18.1. The summed E-state index contributed by atoms with van der Waals surface area (Å²) in [6, 6.07) is 9.82. The van der Waals surface area contributed by atoms with Crippen molar-refractivity contribution < 1.29 is 13.9 Å². The van der Waals surface area contributed by atoms with Crippen LogP contribution in [0.25, 0.3) is 11.4 Å². The van der Waals surface area contributed by atoms with E-state index in [1.807, 2.05) is 41.8 Å². The summed E-state index contributed by atoms with van der Waals surface area (Å²) < 4.78 is 13.3. The molecule has 4 rings (SSSR count). The van der Waals surface area contributed by atoms with Gasteiger partial charge in [0.1, 0.15) is 5.76 Å². The van der Waals surface area contributed by atoms with E-state index in [0.29, 0.717) is 11.7 Å². The molecule has 1 aliphatic rings. The first kappa shape index (κ1) is 20.7. The molecular formula is C22H26N4O3S. The van der Waals surface area contributed by atoms with Gasteiger partial charge in [0.2, 0.25) is 5.91 Å². The van der Waals surface area contributed by atoms with E-state index in [1.165, 1.54) is 17.3 Å². The molecule has 7 nitrogen and oxygen atoms in total. The number of furan rings is 1. The maximum atomic E-state index is 12.5. The van der Waals surface area contributed by atoms with Gasteiger partial charge in [0.25, 0.3) is 0 Å². The van der Waals surface area contributed by atoms with E-state index >= 15 is 0 Å². The summed E-state index contributed by atoms with van der Waals surface area (Å²) in [5.74, 6) is 1.72. The quantitative estimate of drug-likeness (QED) is 0.540. The van der Waals surface area contributed by atoms with E-state index in [1.54, 1.807) is 6.26 Å². The highest BCUT2D eigenvalue weighted by molar-refractivity contribution is 7.99. The van der Waals surface area contributed by atoms with Crippen LogP contribution in [-0.2, 0) is 22.5 Å². The Morgan fingerprint density at radius 3 is 2.77 bits per heavy atom. The molecule has 8 heteroatoms. The maximum absolute atomic E-state index is 12.5. The van der Waals surface area contributed by atoms with E-state index in [2.05, 4.69) is 22.4 Å². The van der Waals surface area contributed by atoms with Crippen molar-refractivity contribution in [1.29, 1.82) is 0 Å². The number of carbonyl (C=O) groups excluding carboxylic acids is 1. The molecule has 2 aromatic heterocycles. The summed E-state index contributed by atoms with van der Waals surface area (Å²) in [7, 11) is 0. The summed E-state index contributed by atoms with van der Waals surface area (Å²) in [6.45, 7) is 5.46. The first-order valence-electron chi connectivity index (χ1n) is 10.2. The Hall–Kier alpha value is -2.58. The van der Waals surface area contributed by atoms with Crippen molar-refractivity contribution in [3.63, 3.8) is 0 Å². The van der Waals surface area contributed by atoms with Gasteiger partial charge in [-0.3, -0.25) is 9.36 Å². The van der Waals surface area contributed by atoms with Crippen molar-refractivity contribution in [3.8, 4) is 11.4 Å². The zero-order chi connectivity index (χ0) is 20.9. The molecule has 0 bridgehead atoms. The molecule has 0 radical (unpaired) electrons. The van der Waals surface area contributed by atoms with E-state index in [-0.39, 0.29) is 17.8 Å². The van der Waals surface area contributed by atoms with Crippen LogP contribution >= 0.6 is 11.8 Å². The Labute approximate surface area is 180 Å². The molecule has 1 aromatic carbocycles. The number of hydrogen-bond acceptors (Lipinski definition) is 6. The van der Waals surface area contributed by atoms with Gasteiger partial charge < -0.3 is 14.5 Å². The van der Waals surface area contributed by atoms with Crippen molar-refractivity contribution in [3.05, 3.63) is 47.9 Å². The third kappa shape index (κ3) is 4.76. The molecule has 0 saturated carbocycles. The van der Waals surface area contributed by atoms with E-state index in [4.69, 9.17) is 9.15 Å². The van der Waals surface area contributed by atoms with Gasteiger partial charge in [-0.25, -0.2) is 0 Å². The lowest BCUT2D eigenvalue weighted by Gasteiger charge is -2.14. The molecule has 30 heavy (non-hydrogen) atoms. The highest BCUT2D eigenvalue weighted by Crippen LogP contribution is 2.29. The molecule has 1 amide bonds. The van der Waals surface area contributed by atoms with Gasteiger partial charge in [0.05, 0.1) is 30.2 Å². The number of aromatic nitrogens is 3. The molecule has 0 aliphatic carbocycles. The van der Waals surface area contributed by atoms with Crippen LogP contribution in [0.2, 0.25) is 0 Å². The van der Waals surface area contributed by atoms with Gasteiger partial charge in [0, 0.05) is 12.3 Å². The second-order valence-corrected chi connectivity index (χ2v) is 8.27. The van der Waals surface area contributed by atoms with Crippen LogP contribution in [-0.4, -0.2) is 39.1 Å². The molecule has 1 N–H and O–H groups in total. The normalized spacial score (nSPS) is 16.1. The predicted octanol–water partition coefficient (Wildman–Crippen LogP) is 4.32. The average Bonchev–Trinajstić information content (AvgIpc) is 3.49. The summed E-state index contributed by atoms with van der Waals surface area (Å²) in [4.78, 5) is 12.5. The second kappa shape index (κ2) is 9.49. The Morgan fingerprint density at radius 1 is 1.27 bits per heavy atom. The van der Waals surface area contributed by atoms with E-state index in [9.17, 15) is 4.79 Å². The highest BCUT2D eigenvalue weighted by Gasteiger charge is 2.23. The van der Waals surface area contributed by atoms with Gasteiger partial charge >= 0.3 is 0 Å². The predicted molar refractivity (Wildman–Crippen MR) is 117 cm³/mol. The third-order valence-electron chi connectivity index (χ3n) is 5.21. The number of anilines is 1. The van der Waals surface area contributed by atoms with Gasteiger partial charge in [0.15, 0.2) is 11.0 Å². The smallest absolute Gasteiger partial charge is 0.234 e. The first-order chi connectivity index (χ1) is 14.6. The standard InChI is InChI=1S/C22H26N4O3S/c1-3-16-6-8-17(9-7-16)23-20(27)14-30-22-25-24-21(19-10-12-28-15(19)2)26(22)13-18-5-4-11-29-18/h6-10,12,18H,3-5,11,13-14H2,1-2H3,(H,23,27). The number of carbonyl (C=O) groups is 1. The second-order valence-electron chi connectivity index (χ2n) is 7.33. The van der Waals surface area contributed by atoms with Crippen molar-refractivity contribution in [2.45, 2.75) is 50.9 Å². The van der Waals surface area contributed by atoms with E-state index in [0.717, 1.165) is 48.7 Å². The number of ether oxygens (including phenoxy) is 1. The molecule has 0 spiro atoms. The number of benzene rings is 1. The Balaban J connectivity index is 1.46. The van der Waals surface area contributed by atoms with Gasteiger partial charge in [-0.1, -0.05) is 30.8 Å². The lowest BCUT2D eigenvalue weighted by Crippen LogP contribution is -2.18. The van der Waals surface area contributed by atoms with Crippen molar-refractivity contribution in [1.82, 2.24) is 14.8 Å². The van der Waals surface area contributed by atoms with Gasteiger partial charge in [-0.05, 0) is 49.9 Å². The first-order valence-corrected chi connectivity index (χ1v) is 11.2. The number of aryl methyl sites for hydroxylation is 2. The lowest BCUT2D eigenvalue weighted by atomic mass is 10.1. The van der Waals surface area contributed by atoms with Gasteiger partial charge in [-0.15, -0.1) is 10.2 Å². The van der Waals surface area contributed by atoms with Crippen molar-refractivity contribution >= 4 is 23.4 Å². The number of amides is 1. The van der Waals surface area contributed by atoms with Crippen LogP contribution in [0, 0.1) is 6.92 Å². The van der Waals surface area contributed by atoms with Crippen LogP contribution < -0.4 is 5.32 Å². The fourth-order valence-corrected chi connectivity index (χ4v) is 4.27. The number of rotatable bonds is 8. The van der Waals surface area contributed by atoms with Crippen LogP contribution in [0.5, 0.6) is 0 Å². The van der Waals surface area contributed by atoms with Crippen molar-refractivity contribution in [2.75, 3.05) is 17.7 Å². The van der Waals surface area contributed by atoms with Crippen molar-refractivity contribution in [2.24, 2.45) is 0 Å². The Morgan fingerprint density at radius 2 is 2.10 bits per heavy atom. The molecule has 158 valence electrons. The Bertz CT molecular complexity index is 990. The monoisotopic (exact) mass is 426 g/mol. The highest BCUT2D eigenvalue weighted by atomic mass is 32.2. The van der Waals surface area contributed by atoms with Crippen LogP contribution in [0.1, 0.15) is 31.1 Å². The Kier molecular flexibility index (Phi) is 6.54. The number of nitrogens with zero attached hydrogens (tertiary/aromatic N) is 3. The molecule has 3 aromatic rings. The van der Waals surface area contributed by atoms with Gasteiger partial charge in [-0.2, -0.15) is 0 Å². The summed E-state index contributed by atoms with van der Waals surface area (Å²) in [6.07, 6.45) is 4.84. The minimum absolute atomic E-state index is 0.0723. The number of thioether (sulfide) groups is 1. The van der Waals surface area contributed by atoms with Crippen LogP contribution in [0.4, 0.5) is 5.69 Å². The number of hydrogen-bond donors (Lipinski definition) is 1. The zero-order valence-electron chi connectivity index (χ0n) is 17.3. The fraction of sp³-hybridized carbons (Fsp3) is 0.409. The summed E-state index contributed by atoms with van der Waals surface area (Å²) in [5.41, 5.74) is 2.95. The average molecular weight is 427 g/mol. The fourth-order valence-electron chi connectivity index (χ4n) is 3.52. The van der Waals surface area contributed by atoms with E-state index < -0.39 is 0 Å². The molecule has 1 unspecified atom stereocenters. The minimum Gasteiger partial charge on any atom is -0.469 e. The minimum atomic E-state index is -0.0723. The molecule has 3 heterocycles. The summed E-state index contributed by atoms with van der Waals surface area (Å²) in [5, 5.41) is 12.4. The topological polar surface area (TPSA) is 82.2 Å². The molecule has 1 atom stereocenters. The SMILES string of the molecule is CCc1ccc(NC(=O)CSc2nnc(-c3ccoc3C)n2CC2CCCO2)cc1.